The Morgan fingerprint density at radius 1 is 1.36 bits per heavy atom. The quantitative estimate of drug-likeness (QED) is 0.821. The first-order valence-corrected chi connectivity index (χ1v) is 8.45. The van der Waals surface area contributed by atoms with Crippen molar-refractivity contribution < 1.29 is 24.2 Å². The molecule has 0 aliphatic carbocycles. The summed E-state index contributed by atoms with van der Waals surface area (Å²) in [7, 11) is 1.47. The van der Waals surface area contributed by atoms with Crippen molar-refractivity contribution in [2.45, 2.75) is 44.8 Å². The second kappa shape index (κ2) is 8.62. The minimum atomic E-state index is -0.983. The van der Waals surface area contributed by atoms with E-state index in [1.165, 1.54) is 12.0 Å². The molecule has 1 saturated heterocycles. The lowest BCUT2D eigenvalue weighted by atomic mass is 10.0. The maximum Gasteiger partial charge on any atom is 0.326 e. The summed E-state index contributed by atoms with van der Waals surface area (Å²) in [5.74, 6) is -1.60. The van der Waals surface area contributed by atoms with Crippen molar-refractivity contribution in [3.8, 4) is 0 Å². The van der Waals surface area contributed by atoms with Crippen LogP contribution in [0.4, 0.5) is 5.69 Å². The Balaban J connectivity index is 2.15. The molecule has 1 aliphatic rings. The summed E-state index contributed by atoms with van der Waals surface area (Å²) < 4.78 is 5.09. The van der Waals surface area contributed by atoms with Crippen LogP contribution in [0.25, 0.3) is 0 Å². The van der Waals surface area contributed by atoms with Crippen LogP contribution in [0, 0.1) is 0 Å². The number of aliphatic carboxylic acids is 1. The summed E-state index contributed by atoms with van der Waals surface area (Å²) in [4.78, 5) is 37.6. The number of benzene rings is 1. The smallest absolute Gasteiger partial charge is 0.326 e. The van der Waals surface area contributed by atoms with Gasteiger partial charge in [0, 0.05) is 24.9 Å². The molecule has 0 radical (unpaired) electrons. The number of amides is 2. The lowest BCUT2D eigenvalue weighted by Crippen LogP contribution is -2.48. The molecule has 2 atom stereocenters. The highest BCUT2D eigenvalue weighted by atomic mass is 16.5. The third-order valence-electron chi connectivity index (χ3n) is 4.37. The molecule has 1 heterocycles. The Kier molecular flexibility index (Phi) is 6.52. The van der Waals surface area contributed by atoms with E-state index in [1.54, 1.807) is 24.3 Å². The van der Waals surface area contributed by atoms with Crippen molar-refractivity contribution in [1.82, 2.24) is 4.90 Å². The minimum absolute atomic E-state index is 0.281. The van der Waals surface area contributed by atoms with E-state index >= 15 is 0 Å². The first kappa shape index (κ1) is 18.9. The van der Waals surface area contributed by atoms with Gasteiger partial charge in [-0.3, -0.25) is 9.59 Å². The summed E-state index contributed by atoms with van der Waals surface area (Å²) in [5.41, 5.74) is 0.839. The first-order chi connectivity index (χ1) is 12.0. The lowest BCUT2D eigenvalue weighted by Gasteiger charge is -2.33. The average Bonchev–Trinajstić information content (AvgIpc) is 2.62. The lowest BCUT2D eigenvalue weighted by molar-refractivity contribution is -0.143. The largest absolute Gasteiger partial charge is 0.480 e. The van der Waals surface area contributed by atoms with Gasteiger partial charge in [-0.05, 0) is 43.9 Å². The topological polar surface area (TPSA) is 95.9 Å². The molecule has 0 bridgehead atoms. The molecule has 7 heteroatoms. The summed E-state index contributed by atoms with van der Waals surface area (Å²) in [6.07, 6.45) is 2.03. The van der Waals surface area contributed by atoms with Gasteiger partial charge in [0.2, 0.25) is 0 Å². The van der Waals surface area contributed by atoms with Gasteiger partial charge in [-0.25, -0.2) is 4.79 Å². The number of methoxy groups -OCH3 is 1. The first-order valence-electron chi connectivity index (χ1n) is 8.45. The number of carboxylic acids is 1. The highest BCUT2D eigenvalue weighted by molar-refractivity contribution is 5.99. The predicted molar refractivity (Wildman–Crippen MR) is 92.5 cm³/mol. The van der Waals surface area contributed by atoms with Crippen molar-refractivity contribution in [3.63, 3.8) is 0 Å². The molecule has 2 unspecified atom stereocenters. The second-order valence-corrected chi connectivity index (χ2v) is 6.05. The van der Waals surface area contributed by atoms with Crippen LogP contribution in [-0.2, 0) is 14.3 Å². The number of piperidine rings is 1. The molecule has 25 heavy (non-hydrogen) atoms. The van der Waals surface area contributed by atoms with Crippen molar-refractivity contribution in [3.05, 3.63) is 29.8 Å². The summed E-state index contributed by atoms with van der Waals surface area (Å²) in [5, 5.41) is 12.1. The van der Waals surface area contributed by atoms with Crippen LogP contribution in [-0.4, -0.2) is 53.6 Å². The second-order valence-electron chi connectivity index (χ2n) is 6.05. The average molecular weight is 348 g/mol. The van der Waals surface area contributed by atoms with Crippen LogP contribution in [0.2, 0.25) is 0 Å². The highest BCUT2D eigenvalue weighted by Crippen LogP contribution is 2.21. The summed E-state index contributed by atoms with van der Waals surface area (Å²) in [6.45, 7) is 2.27. The summed E-state index contributed by atoms with van der Waals surface area (Å²) in [6, 6.07) is 5.74. The van der Waals surface area contributed by atoms with Crippen molar-refractivity contribution in [2.75, 3.05) is 19.0 Å². The molecule has 2 rings (SSSR count). The Bertz CT molecular complexity index is 642. The zero-order chi connectivity index (χ0) is 18.4. The Morgan fingerprint density at radius 3 is 2.76 bits per heavy atom. The van der Waals surface area contributed by atoms with Gasteiger partial charge >= 0.3 is 5.97 Å². The normalized spacial score (nSPS) is 18.5. The van der Waals surface area contributed by atoms with Crippen LogP contribution >= 0.6 is 0 Å². The minimum Gasteiger partial charge on any atom is -0.480 e. The van der Waals surface area contributed by atoms with Crippen molar-refractivity contribution in [1.29, 1.82) is 0 Å². The van der Waals surface area contributed by atoms with E-state index in [0.717, 1.165) is 12.8 Å². The molecule has 1 aromatic carbocycles. The molecule has 2 amide bonds. The Labute approximate surface area is 147 Å². The molecule has 2 N–H and O–H groups in total. The van der Waals surface area contributed by atoms with Crippen molar-refractivity contribution >= 4 is 23.5 Å². The van der Waals surface area contributed by atoms with E-state index in [-0.39, 0.29) is 11.8 Å². The van der Waals surface area contributed by atoms with E-state index in [9.17, 15) is 19.5 Å². The molecule has 136 valence electrons. The number of rotatable bonds is 6. The molecule has 1 aromatic rings. The van der Waals surface area contributed by atoms with E-state index in [4.69, 9.17) is 4.74 Å². The van der Waals surface area contributed by atoms with Crippen LogP contribution in [0.5, 0.6) is 0 Å². The maximum atomic E-state index is 12.7. The number of likely N-dealkylation sites (tertiary alicyclic amines) is 1. The Morgan fingerprint density at radius 2 is 2.12 bits per heavy atom. The number of nitrogens with zero attached hydrogens (tertiary/aromatic N) is 1. The molecular formula is C18H24N2O5. The molecule has 7 nitrogen and oxygen atoms in total. The fourth-order valence-electron chi connectivity index (χ4n) is 3.01. The SMILES string of the molecule is CCC(OC)C(=O)Nc1cccc(C(=O)N2CCCCC2C(=O)O)c1. The number of carboxylic acid groups (broad SMARTS) is 1. The van der Waals surface area contributed by atoms with Crippen LogP contribution in [0.1, 0.15) is 43.0 Å². The van der Waals surface area contributed by atoms with Crippen LogP contribution in [0.15, 0.2) is 24.3 Å². The van der Waals surface area contributed by atoms with Crippen LogP contribution in [0.3, 0.4) is 0 Å². The zero-order valence-corrected chi connectivity index (χ0v) is 14.5. The third-order valence-corrected chi connectivity index (χ3v) is 4.37. The third kappa shape index (κ3) is 4.57. The van der Waals surface area contributed by atoms with E-state index in [2.05, 4.69) is 5.32 Å². The summed E-state index contributed by atoms with van der Waals surface area (Å²) >= 11 is 0. The Hall–Kier alpha value is -2.41. The number of hydrogen-bond donors (Lipinski definition) is 2. The predicted octanol–water partition coefficient (Wildman–Crippen LogP) is 2.13. The highest BCUT2D eigenvalue weighted by Gasteiger charge is 2.32. The molecule has 1 fully saturated rings. The van der Waals surface area contributed by atoms with Gasteiger partial charge in [0.05, 0.1) is 0 Å². The van der Waals surface area contributed by atoms with Crippen LogP contribution < -0.4 is 5.32 Å². The fraction of sp³-hybridized carbons (Fsp3) is 0.500. The number of carbonyl (C=O) groups excluding carboxylic acids is 2. The van der Waals surface area contributed by atoms with Gasteiger partial charge in [0.15, 0.2) is 0 Å². The molecule has 0 aromatic heterocycles. The number of anilines is 1. The van der Waals surface area contributed by atoms with Crippen molar-refractivity contribution in [2.24, 2.45) is 0 Å². The van der Waals surface area contributed by atoms with Gasteiger partial charge in [0.1, 0.15) is 12.1 Å². The number of nitrogens with one attached hydrogen (secondary N) is 1. The molecule has 1 aliphatic heterocycles. The number of hydrogen-bond acceptors (Lipinski definition) is 4. The van der Waals surface area contributed by atoms with Gasteiger partial charge in [-0.15, -0.1) is 0 Å². The molecular weight excluding hydrogens is 324 g/mol. The zero-order valence-electron chi connectivity index (χ0n) is 14.5. The standard InChI is InChI=1S/C18H24N2O5/c1-3-15(25-2)16(21)19-13-8-6-7-12(11-13)17(22)20-10-5-4-9-14(20)18(23)24/h6-8,11,14-15H,3-5,9-10H2,1-2H3,(H,19,21)(H,23,24). The molecule has 0 saturated carbocycles. The maximum absolute atomic E-state index is 12.7. The van der Waals surface area contributed by atoms with E-state index < -0.39 is 18.1 Å². The number of ether oxygens (including phenoxy) is 1. The fourth-order valence-corrected chi connectivity index (χ4v) is 3.01. The van der Waals surface area contributed by atoms with Gasteiger partial charge in [-0.1, -0.05) is 13.0 Å². The van der Waals surface area contributed by atoms with Gasteiger partial charge in [-0.2, -0.15) is 0 Å². The molecule has 0 spiro atoms. The van der Waals surface area contributed by atoms with E-state index in [0.29, 0.717) is 30.6 Å². The monoisotopic (exact) mass is 348 g/mol. The van der Waals surface area contributed by atoms with E-state index in [1.807, 2.05) is 6.92 Å². The van der Waals surface area contributed by atoms with Gasteiger partial charge in [0.25, 0.3) is 11.8 Å². The van der Waals surface area contributed by atoms with Gasteiger partial charge < -0.3 is 20.1 Å². The number of carbonyl (C=O) groups is 3.